The van der Waals surface area contributed by atoms with Crippen LogP contribution < -0.4 is 0 Å². The molecule has 0 amide bonds. The predicted octanol–water partition coefficient (Wildman–Crippen LogP) is 1.47. The molecule has 0 saturated carbocycles. The van der Waals surface area contributed by atoms with Gasteiger partial charge in [-0.25, -0.2) is 8.42 Å². The van der Waals surface area contributed by atoms with E-state index in [9.17, 15) is 8.42 Å². The summed E-state index contributed by atoms with van der Waals surface area (Å²) in [6, 6.07) is 0. The molecule has 1 aliphatic heterocycles. The predicted molar refractivity (Wildman–Crippen MR) is 64.8 cm³/mol. The number of nitrogens with zero attached hydrogens (tertiary/aromatic N) is 1. The van der Waals surface area contributed by atoms with Crippen LogP contribution in [0.2, 0.25) is 0 Å². The van der Waals surface area contributed by atoms with E-state index in [0.717, 1.165) is 12.8 Å². The fraction of sp³-hybridized carbons (Fsp3) is 1.00. The smallest absolute Gasteiger partial charge is 0.211 e. The van der Waals surface area contributed by atoms with Crippen LogP contribution in [0, 0.1) is 5.92 Å². The van der Waals surface area contributed by atoms with E-state index in [2.05, 4.69) is 13.8 Å². The van der Waals surface area contributed by atoms with Crippen molar-refractivity contribution in [3.05, 3.63) is 0 Å². The van der Waals surface area contributed by atoms with E-state index >= 15 is 0 Å². The third-order valence-electron chi connectivity index (χ3n) is 2.88. The van der Waals surface area contributed by atoms with Crippen molar-refractivity contribution >= 4 is 10.0 Å². The highest BCUT2D eigenvalue weighted by Crippen LogP contribution is 2.15. The number of hydrogen-bond donors (Lipinski definition) is 0. The lowest BCUT2D eigenvalue weighted by Crippen LogP contribution is -2.45. The second-order valence-electron chi connectivity index (χ2n) is 4.94. The Hall–Kier alpha value is -0.130. The van der Waals surface area contributed by atoms with Gasteiger partial charge in [0.2, 0.25) is 10.0 Å². The van der Waals surface area contributed by atoms with Crippen LogP contribution in [0.15, 0.2) is 0 Å². The van der Waals surface area contributed by atoms with Gasteiger partial charge in [-0.2, -0.15) is 4.31 Å². The average Bonchev–Trinajstić information content (AvgIpc) is 2.16. The van der Waals surface area contributed by atoms with Crippen LogP contribution in [0.5, 0.6) is 0 Å². The molecule has 0 N–H and O–H groups in total. The van der Waals surface area contributed by atoms with Gasteiger partial charge < -0.3 is 4.74 Å². The van der Waals surface area contributed by atoms with Crippen molar-refractivity contribution in [1.29, 1.82) is 0 Å². The van der Waals surface area contributed by atoms with Gasteiger partial charge in [0, 0.05) is 13.1 Å². The number of hydrogen-bond acceptors (Lipinski definition) is 3. The fourth-order valence-electron chi connectivity index (χ4n) is 1.92. The zero-order valence-electron chi connectivity index (χ0n) is 10.5. The van der Waals surface area contributed by atoms with Gasteiger partial charge in [0.25, 0.3) is 0 Å². The van der Waals surface area contributed by atoms with Crippen molar-refractivity contribution in [3.63, 3.8) is 0 Å². The van der Waals surface area contributed by atoms with Gasteiger partial charge in [-0.3, -0.25) is 0 Å². The summed E-state index contributed by atoms with van der Waals surface area (Å²) in [6.45, 7) is 5.95. The summed E-state index contributed by atoms with van der Waals surface area (Å²) in [4.78, 5) is 0. The Morgan fingerprint density at radius 3 is 2.69 bits per heavy atom. The molecule has 0 aliphatic carbocycles. The molecule has 0 aromatic carbocycles. The van der Waals surface area contributed by atoms with Gasteiger partial charge in [0.15, 0.2) is 0 Å². The lowest BCUT2D eigenvalue weighted by molar-refractivity contribution is -0.00688. The van der Waals surface area contributed by atoms with Crippen LogP contribution in [0.25, 0.3) is 0 Å². The zero-order valence-corrected chi connectivity index (χ0v) is 11.3. The second kappa shape index (κ2) is 5.98. The zero-order chi connectivity index (χ0) is 12.2. The number of rotatable bonds is 5. The summed E-state index contributed by atoms with van der Waals surface area (Å²) < 4.78 is 29.9. The van der Waals surface area contributed by atoms with Crippen LogP contribution in [0.4, 0.5) is 0 Å². The van der Waals surface area contributed by atoms with Crippen molar-refractivity contribution in [1.82, 2.24) is 4.31 Å². The Morgan fingerprint density at radius 1 is 1.44 bits per heavy atom. The Kier molecular flexibility index (Phi) is 5.21. The van der Waals surface area contributed by atoms with Crippen molar-refractivity contribution < 1.29 is 13.2 Å². The maximum absolute atomic E-state index is 11.4. The van der Waals surface area contributed by atoms with E-state index < -0.39 is 10.0 Å². The topological polar surface area (TPSA) is 46.6 Å². The van der Waals surface area contributed by atoms with Gasteiger partial charge >= 0.3 is 0 Å². The van der Waals surface area contributed by atoms with Crippen molar-refractivity contribution in [3.8, 4) is 0 Å². The first kappa shape index (κ1) is 13.9. The quantitative estimate of drug-likeness (QED) is 0.741. The minimum absolute atomic E-state index is 0.0854. The Balaban J connectivity index is 2.34. The molecule has 1 fully saturated rings. The lowest BCUT2D eigenvalue weighted by atomic mass is 10.0. The Bertz CT molecular complexity index is 300. The molecule has 0 aromatic rings. The number of sulfonamides is 1. The van der Waals surface area contributed by atoms with Gasteiger partial charge in [-0.1, -0.05) is 26.7 Å². The molecule has 4 nitrogen and oxygen atoms in total. The average molecular weight is 249 g/mol. The Morgan fingerprint density at radius 2 is 2.12 bits per heavy atom. The first-order valence-corrected chi connectivity index (χ1v) is 7.81. The van der Waals surface area contributed by atoms with Crippen molar-refractivity contribution in [2.75, 3.05) is 26.0 Å². The minimum atomic E-state index is -3.05. The van der Waals surface area contributed by atoms with Crippen LogP contribution in [0.3, 0.4) is 0 Å². The highest BCUT2D eigenvalue weighted by atomic mass is 32.2. The monoisotopic (exact) mass is 249 g/mol. The van der Waals surface area contributed by atoms with Gasteiger partial charge in [-0.05, 0) is 12.3 Å². The van der Waals surface area contributed by atoms with Crippen LogP contribution in [0.1, 0.15) is 33.1 Å². The van der Waals surface area contributed by atoms with E-state index in [1.54, 1.807) is 0 Å². The highest BCUT2D eigenvalue weighted by molar-refractivity contribution is 7.88. The SMILES string of the molecule is CC(C)CCCC1CN(S(C)(=O)=O)CCO1. The summed E-state index contributed by atoms with van der Waals surface area (Å²) in [6.07, 6.45) is 4.61. The molecular weight excluding hydrogens is 226 g/mol. The number of ether oxygens (including phenoxy) is 1. The van der Waals surface area contributed by atoms with E-state index in [0.29, 0.717) is 25.6 Å². The lowest BCUT2D eigenvalue weighted by Gasteiger charge is -2.31. The fourth-order valence-corrected chi connectivity index (χ4v) is 2.77. The highest BCUT2D eigenvalue weighted by Gasteiger charge is 2.25. The third-order valence-corrected chi connectivity index (χ3v) is 4.15. The Labute approximate surface area is 99.0 Å². The standard InChI is InChI=1S/C11H23NO3S/c1-10(2)5-4-6-11-9-12(7-8-15-11)16(3,13)14/h10-11H,4-9H2,1-3H3. The largest absolute Gasteiger partial charge is 0.375 e. The number of morpholine rings is 1. The maximum atomic E-state index is 11.4. The van der Waals surface area contributed by atoms with Gasteiger partial charge in [0.05, 0.1) is 19.0 Å². The molecule has 1 aliphatic rings. The second-order valence-corrected chi connectivity index (χ2v) is 6.92. The van der Waals surface area contributed by atoms with Crippen LogP contribution in [-0.2, 0) is 14.8 Å². The first-order valence-electron chi connectivity index (χ1n) is 5.96. The first-order chi connectivity index (χ1) is 7.39. The van der Waals surface area contributed by atoms with Gasteiger partial charge in [0.1, 0.15) is 0 Å². The normalized spacial score (nSPS) is 23.9. The molecule has 0 bridgehead atoms. The molecule has 1 atom stereocenters. The van der Waals surface area contributed by atoms with E-state index in [4.69, 9.17) is 4.74 Å². The summed E-state index contributed by atoms with van der Waals surface area (Å²) in [5, 5.41) is 0. The molecular formula is C11H23NO3S. The molecule has 1 rings (SSSR count). The molecule has 16 heavy (non-hydrogen) atoms. The van der Waals surface area contributed by atoms with Crippen LogP contribution in [-0.4, -0.2) is 44.8 Å². The van der Waals surface area contributed by atoms with E-state index in [-0.39, 0.29) is 6.10 Å². The summed E-state index contributed by atoms with van der Waals surface area (Å²) in [7, 11) is -3.05. The third kappa shape index (κ3) is 4.80. The molecule has 0 aromatic heterocycles. The van der Waals surface area contributed by atoms with E-state index in [1.165, 1.54) is 17.0 Å². The molecule has 1 heterocycles. The van der Waals surface area contributed by atoms with E-state index in [1.807, 2.05) is 0 Å². The molecule has 0 radical (unpaired) electrons. The maximum Gasteiger partial charge on any atom is 0.211 e. The summed E-state index contributed by atoms with van der Waals surface area (Å²) in [5.74, 6) is 0.703. The molecule has 96 valence electrons. The molecule has 0 spiro atoms. The van der Waals surface area contributed by atoms with Crippen LogP contribution >= 0.6 is 0 Å². The molecule has 1 saturated heterocycles. The minimum Gasteiger partial charge on any atom is -0.375 e. The summed E-state index contributed by atoms with van der Waals surface area (Å²) in [5.41, 5.74) is 0. The summed E-state index contributed by atoms with van der Waals surface area (Å²) >= 11 is 0. The van der Waals surface area contributed by atoms with Crippen molar-refractivity contribution in [2.45, 2.75) is 39.2 Å². The molecule has 5 heteroatoms. The van der Waals surface area contributed by atoms with Crippen molar-refractivity contribution in [2.24, 2.45) is 5.92 Å². The molecule has 1 unspecified atom stereocenters. The van der Waals surface area contributed by atoms with Gasteiger partial charge in [-0.15, -0.1) is 0 Å².